The molecule has 0 heterocycles. The molecule has 0 bridgehead atoms. The van der Waals surface area contributed by atoms with Crippen molar-refractivity contribution in [2.24, 2.45) is 11.8 Å². The van der Waals surface area contributed by atoms with Gasteiger partial charge in [0.25, 0.3) is 0 Å². The minimum absolute atomic E-state index is 0.230. The summed E-state index contributed by atoms with van der Waals surface area (Å²) in [5.41, 5.74) is 21.6. The summed E-state index contributed by atoms with van der Waals surface area (Å²) in [5, 5.41) is 5.24. The number of rotatable bonds is 10. The second kappa shape index (κ2) is 16.0. The van der Waals surface area contributed by atoms with Gasteiger partial charge >= 0.3 is 0 Å². The molecule has 0 N–H and O–H groups in total. The molecular formula is C59H64N2. The van der Waals surface area contributed by atoms with Gasteiger partial charge in [-0.3, -0.25) is 0 Å². The van der Waals surface area contributed by atoms with Crippen molar-refractivity contribution in [3.8, 4) is 11.1 Å². The smallest absolute Gasteiger partial charge is 0.0543 e. The number of fused-ring (bicyclic) bond motifs is 7. The first-order chi connectivity index (χ1) is 29.5. The van der Waals surface area contributed by atoms with Crippen LogP contribution in [0.3, 0.4) is 0 Å². The van der Waals surface area contributed by atoms with Gasteiger partial charge in [-0.1, -0.05) is 128 Å². The Kier molecular flexibility index (Phi) is 10.7. The van der Waals surface area contributed by atoms with Crippen molar-refractivity contribution in [3.05, 3.63) is 177 Å². The molecule has 0 radical (unpaired) electrons. The molecule has 9 rings (SSSR count). The van der Waals surface area contributed by atoms with Crippen LogP contribution in [0.4, 0.5) is 22.7 Å². The second-order valence-electron chi connectivity index (χ2n) is 18.6. The lowest BCUT2D eigenvalue weighted by molar-refractivity contribution is 0.547. The standard InChI is InChI=1S/C59H64N2/c1-11-41-21-26-48(33-43(41)13-3)60(46-24-19-37(5)39(7)31-46)49-28-30-51-45(35-49)23-29-54-57-53-18-16-15-17-52(53)56(36-55(57)59(9,10)58(51)54)61(47-25-20-38(6)40(8)32-47)50-27-22-42(12-2)44(14-4)34-50/h15-20,22-25,27-36,38,40H,11-14,21,26H2,1-10H3. The van der Waals surface area contributed by atoms with Crippen molar-refractivity contribution < 1.29 is 0 Å². The molecule has 0 fully saturated rings. The summed E-state index contributed by atoms with van der Waals surface area (Å²) in [7, 11) is 0. The molecule has 2 heteroatoms. The Labute approximate surface area is 366 Å². The van der Waals surface area contributed by atoms with Crippen LogP contribution >= 0.6 is 0 Å². The normalized spacial score (nSPS) is 18.0. The van der Waals surface area contributed by atoms with Crippen molar-refractivity contribution in [2.45, 2.75) is 113 Å². The maximum atomic E-state index is 2.56. The number of aryl methyl sites for hydroxylation is 4. The van der Waals surface area contributed by atoms with Gasteiger partial charge in [-0.2, -0.15) is 0 Å². The molecule has 3 aliphatic carbocycles. The maximum Gasteiger partial charge on any atom is 0.0543 e. The van der Waals surface area contributed by atoms with Crippen LogP contribution in [-0.4, -0.2) is 0 Å². The van der Waals surface area contributed by atoms with Crippen LogP contribution in [0.25, 0.3) is 32.7 Å². The summed E-state index contributed by atoms with van der Waals surface area (Å²) in [6.45, 7) is 23.2. The molecular weight excluding hydrogens is 737 g/mol. The minimum Gasteiger partial charge on any atom is -0.314 e. The molecule has 2 atom stereocenters. The van der Waals surface area contributed by atoms with Crippen molar-refractivity contribution in [3.63, 3.8) is 0 Å². The molecule has 2 unspecified atom stereocenters. The second-order valence-corrected chi connectivity index (χ2v) is 18.6. The number of hydrogen-bond donors (Lipinski definition) is 0. The third-order valence-electron chi connectivity index (χ3n) is 14.7. The largest absolute Gasteiger partial charge is 0.314 e. The molecule has 2 nitrogen and oxygen atoms in total. The van der Waals surface area contributed by atoms with E-state index in [1.165, 1.54) is 106 Å². The van der Waals surface area contributed by atoms with Crippen molar-refractivity contribution >= 4 is 44.3 Å². The molecule has 61 heavy (non-hydrogen) atoms. The third kappa shape index (κ3) is 6.87. The predicted octanol–water partition coefficient (Wildman–Crippen LogP) is 16.8. The summed E-state index contributed by atoms with van der Waals surface area (Å²) in [5.74, 6) is 0.949. The molecule has 6 aromatic carbocycles. The van der Waals surface area contributed by atoms with E-state index in [9.17, 15) is 0 Å². The fourth-order valence-electron chi connectivity index (χ4n) is 10.8. The van der Waals surface area contributed by atoms with E-state index in [1.807, 2.05) is 0 Å². The zero-order valence-corrected chi connectivity index (χ0v) is 38.3. The quantitative estimate of drug-likeness (QED) is 0.136. The highest BCUT2D eigenvalue weighted by Gasteiger charge is 2.39. The lowest BCUT2D eigenvalue weighted by Gasteiger charge is -2.33. The Morgan fingerprint density at radius 2 is 1.34 bits per heavy atom. The first-order valence-corrected chi connectivity index (χ1v) is 23.2. The fourth-order valence-corrected chi connectivity index (χ4v) is 10.8. The van der Waals surface area contributed by atoms with Gasteiger partial charge < -0.3 is 9.80 Å². The molecule has 0 saturated heterocycles. The Hall–Kier alpha value is -5.60. The van der Waals surface area contributed by atoms with E-state index in [-0.39, 0.29) is 5.41 Å². The van der Waals surface area contributed by atoms with E-state index in [0.29, 0.717) is 11.8 Å². The summed E-state index contributed by atoms with van der Waals surface area (Å²) in [4.78, 5) is 5.11. The van der Waals surface area contributed by atoms with E-state index < -0.39 is 0 Å². The molecule has 310 valence electrons. The van der Waals surface area contributed by atoms with Crippen LogP contribution in [0.2, 0.25) is 0 Å². The van der Waals surface area contributed by atoms with Crippen molar-refractivity contribution in [1.82, 2.24) is 0 Å². The molecule has 0 aliphatic heterocycles. The highest BCUT2D eigenvalue weighted by molar-refractivity contribution is 6.12. The van der Waals surface area contributed by atoms with Gasteiger partial charge in [0.05, 0.1) is 5.69 Å². The van der Waals surface area contributed by atoms with Gasteiger partial charge in [0.1, 0.15) is 0 Å². The van der Waals surface area contributed by atoms with Crippen molar-refractivity contribution in [2.75, 3.05) is 9.80 Å². The van der Waals surface area contributed by atoms with E-state index in [2.05, 4.69) is 200 Å². The SMILES string of the molecule is CCC1=C(CC)CCC(N(c2ccc(C)c(C)c2)c2ccc3c4c(ccc3c2)-c2c(cc(N(C3=CC(C)C(C)C=C3)c3ccc(CC)c(CC)c3)c3ccccc23)C4(C)C)=C1. The summed E-state index contributed by atoms with van der Waals surface area (Å²) < 4.78 is 0. The minimum atomic E-state index is -0.230. The van der Waals surface area contributed by atoms with Gasteiger partial charge in [-0.25, -0.2) is 0 Å². The third-order valence-corrected chi connectivity index (χ3v) is 14.7. The van der Waals surface area contributed by atoms with Gasteiger partial charge in [0.15, 0.2) is 0 Å². The number of nitrogens with zero attached hydrogens (tertiary/aromatic N) is 2. The number of allylic oxidation sites excluding steroid dienone is 7. The summed E-state index contributed by atoms with van der Waals surface area (Å²) in [6, 6.07) is 38.0. The van der Waals surface area contributed by atoms with Crippen LogP contribution in [0.5, 0.6) is 0 Å². The Bertz CT molecular complexity index is 2840. The molecule has 0 spiro atoms. The van der Waals surface area contributed by atoms with Crippen LogP contribution < -0.4 is 9.80 Å². The van der Waals surface area contributed by atoms with E-state index >= 15 is 0 Å². The molecule has 3 aliphatic rings. The van der Waals surface area contributed by atoms with E-state index in [1.54, 1.807) is 5.57 Å². The Balaban J connectivity index is 1.22. The summed E-state index contributed by atoms with van der Waals surface area (Å²) >= 11 is 0. The van der Waals surface area contributed by atoms with Gasteiger partial charge in [-0.05, 0) is 185 Å². The first-order valence-electron chi connectivity index (χ1n) is 23.2. The van der Waals surface area contributed by atoms with Crippen LogP contribution in [0.1, 0.15) is 114 Å². The fraction of sp³-hybridized carbons (Fsp3) is 0.322. The van der Waals surface area contributed by atoms with Crippen LogP contribution in [-0.2, 0) is 18.3 Å². The lowest BCUT2D eigenvalue weighted by atomic mass is 9.79. The topological polar surface area (TPSA) is 6.48 Å². The van der Waals surface area contributed by atoms with Gasteiger partial charge in [0.2, 0.25) is 0 Å². The molecule has 0 aromatic heterocycles. The average Bonchev–Trinajstić information content (AvgIpc) is 3.51. The predicted molar refractivity (Wildman–Crippen MR) is 265 cm³/mol. The first kappa shape index (κ1) is 40.8. The summed E-state index contributed by atoms with van der Waals surface area (Å²) in [6.07, 6.45) is 16.2. The van der Waals surface area contributed by atoms with Gasteiger partial charge in [-0.15, -0.1) is 0 Å². The van der Waals surface area contributed by atoms with E-state index in [4.69, 9.17) is 0 Å². The number of anilines is 4. The molecule has 0 saturated carbocycles. The molecule has 0 amide bonds. The van der Waals surface area contributed by atoms with Gasteiger partial charge in [0, 0.05) is 39.3 Å². The average molecular weight is 801 g/mol. The zero-order chi connectivity index (χ0) is 42.7. The van der Waals surface area contributed by atoms with Crippen molar-refractivity contribution in [1.29, 1.82) is 0 Å². The lowest BCUT2D eigenvalue weighted by Crippen LogP contribution is -2.22. The van der Waals surface area contributed by atoms with Crippen LogP contribution in [0, 0.1) is 25.7 Å². The highest BCUT2D eigenvalue weighted by Crippen LogP contribution is 2.56. The van der Waals surface area contributed by atoms with E-state index in [0.717, 1.165) is 38.5 Å². The monoisotopic (exact) mass is 801 g/mol. The number of benzene rings is 6. The van der Waals surface area contributed by atoms with Crippen LogP contribution in [0.15, 0.2) is 144 Å². The molecule has 6 aromatic rings. The highest BCUT2D eigenvalue weighted by atomic mass is 15.2. The Morgan fingerprint density at radius 1 is 0.623 bits per heavy atom. The Morgan fingerprint density at radius 3 is 2.07 bits per heavy atom. The maximum absolute atomic E-state index is 2.56. The number of hydrogen-bond acceptors (Lipinski definition) is 2. The zero-order valence-electron chi connectivity index (χ0n) is 38.3.